The van der Waals surface area contributed by atoms with Crippen molar-refractivity contribution in [3.05, 3.63) is 23.8 Å². The zero-order valence-corrected chi connectivity index (χ0v) is 12.9. The summed E-state index contributed by atoms with van der Waals surface area (Å²) in [5, 5.41) is 19.2. The minimum atomic E-state index is 0.117. The minimum Gasteiger partial charge on any atom is -0.508 e. The van der Waals surface area contributed by atoms with E-state index in [0.29, 0.717) is 0 Å². The Hall–Kier alpha value is -1.26. The summed E-state index contributed by atoms with van der Waals surface area (Å²) in [7, 11) is 6.41. The van der Waals surface area contributed by atoms with Gasteiger partial charge in [0, 0.05) is 24.2 Å². The summed E-state index contributed by atoms with van der Waals surface area (Å²) in [6.07, 6.45) is 3.78. The van der Waals surface area contributed by atoms with Crippen molar-refractivity contribution in [2.24, 2.45) is 0 Å². The van der Waals surface area contributed by atoms with Gasteiger partial charge in [-0.25, -0.2) is 0 Å². The summed E-state index contributed by atoms with van der Waals surface area (Å²) in [5.41, 5.74) is 1.22. The van der Waals surface area contributed by atoms with Gasteiger partial charge in [0.05, 0.1) is 0 Å². The molecule has 0 aliphatic heterocycles. The number of nitrogens with zero attached hydrogens (tertiary/aromatic N) is 2. The van der Waals surface area contributed by atoms with Crippen LogP contribution >= 0.6 is 0 Å². The molecule has 0 bridgehead atoms. The van der Waals surface area contributed by atoms with Crippen LogP contribution in [0.3, 0.4) is 0 Å². The second-order valence-corrected chi connectivity index (χ2v) is 6.35. The molecule has 0 radical (unpaired) electrons. The first kappa shape index (κ1) is 15.1. The van der Waals surface area contributed by atoms with Crippen LogP contribution in [0.5, 0.6) is 11.5 Å². The highest BCUT2D eigenvalue weighted by molar-refractivity contribution is 5.38. The standard InChI is InChI=1S/C16H26N2O2/c1-12(13-8-14(19)10-15(20)9-13)18(4)11-16(17(2)3)6-5-7-16/h8-10,12,19-20H,5-7,11H2,1-4H3. The molecular formula is C16H26N2O2. The molecule has 1 atom stereocenters. The summed E-state index contributed by atoms with van der Waals surface area (Å²) in [4.78, 5) is 4.63. The molecular weight excluding hydrogens is 252 g/mol. The SMILES string of the molecule is CC(c1cc(O)cc(O)c1)N(C)CC1(N(C)C)CCC1. The van der Waals surface area contributed by atoms with E-state index >= 15 is 0 Å². The van der Waals surface area contributed by atoms with Crippen LogP contribution < -0.4 is 0 Å². The number of phenols is 2. The largest absolute Gasteiger partial charge is 0.508 e. The Morgan fingerprint density at radius 3 is 2.05 bits per heavy atom. The maximum Gasteiger partial charge on any atom is 0.119 e. The molecule has 1 aromatic carbocycles. The Labute approximate surface area is 121 Å². The van der Waals surface area contributed by atoms with Gasteiger partial charge in [-0.3, -0.25) is 4.90 Å². The maximum atomic E-state index is 9.62. The Bertz CT molecular complexity index is 449. The Balaban J connectivity index is 2.10. The lowest BCUT2D eigenvalue weighted by Gasteiger charge is -2.50. The second kappa shape index (κ2) is 5.62. The quantitative estimate of drug-likeness (QED) is 0.869. The first-order valence-corrected chi connectivity index (χ1v) is 7.25. The fourth-order valence-corrected chi connectivity index (χ4v) is 3.05. The van der Waals surface area contributed by atoms with Crippen LogP contribution in [0.4, 0.5) is 0 Å². The van der Waals surface area contributed by atoms with Crippen LogP contribution in [0.1, 0.15) is 37.8 Å². The topological polar surface area (TPSA) is 46.9 Å². The number of aromatic hydroxyl groups is 2. The fraction of sp³-hybridized carbons (Fsp3) is 0.625. The highest BCUT2D eigenvalue weighted by atomic mass is 16.3. The second-order valence-electron chi connectivity index (χ2n) is 6.35. The Kier molecular flexibility index (Phi) is 4.25. The summed E-state index contributed by atoms with van der Waals surface area (Å²) in [5.74, 6) is 0.234. The third-order valence-electron chi connectivity index (χ3n) is 4.85. The number of hydrogen-bond donors (Lipinski definition) is 2. The molecule has 112 valence electrons. The number of likely N-dealkylation sites (N-methyl/N-ethyl adjacent to an activating group) is 2. The predicted octanol–water partition coefficient (Wildman–Crippen LogP) is 2.57. The predicted molar refractivity (Wildman–Crippen MR) is 81.1 cm³/mol. The smallest absolute Gasteiger partial charge is 0.119 e. The van der Waals surface area contributed by atoms with Crippen molar-refractivity contribution in [2.75, 3.05) is 27.7 Å². The van der Waals surface area contributed by atoms with Crippen LogP contribution in [0, 0.1) is 0 Å². The monoisotopic (exact) mass is 278 g/mol. The van der Waals surface area contributed by atoms with Gasteiger partial charge >= 0.3 is 0 Å². The number of phenolic OH excluding ortho intramolecular Hbond substituents is 2. The third-order valence-corrected chi connectivity index (χ3v) is 4.85. The van der Waals surface area contributed by atoms with Gasteiger partial charge in [0.1, 0.15) is 11.5 Å². The molecule has 20 heavy (non-hydrogen) atoms. The van der Waals surface area contributed by atoms with Gasteiger partial charge in [-0.15, -0.1) is 0 Å². The zero-order chi connectivity index (χ0) is 14.9. The van der Waals surface area contributed by atoms with Crippen molar-refractivity contribution in [3.8, 4) is 11.5 Å². The van der Waals surface area contributed by atoms with Crippen molar-refractivity contribution in [1.82, 2.24) is 9.80 Å². The minimum absolute atomic E-state index is 0.117. The van der Waals surface area contributed by atoms with Crippen LogP contribution in [-0.4, -0.2) is 53.2 Å². The van der Waals surface area contributed by atoms with Gasteiger partial charge in [-0.1, -0.05) is 0 Å². The first-order chi connectivity index (χ1) is 9.34. The molecule has 1 aliphatic carbocycles. The van der Waals surface area contributed by atoms with Crippen LogP contribution in [0.15, 0.2) is 18.2 Å². The van der Waals surface area contributed by atoms with Gasteiger partial charge in [0.25, 0.3) is 0 Å². The molecule has 2 rings (SSSR count). The van der Waals surface area contributed by atoms with E-state index in [9.17, 15) is 10.2 Å². The fourth-order valence-electron chi connectivity index (χ4n) is 3.05. The van der Waals surface area contributed by atoms with E-state index in [2.05, 4.69) is 37.9 Å². The van der Waals surface area contributed by atoms with Gasteiger partial charge in [0.15, 0.2) is 0 Å². The molecule has 1 unspecified atom stereocenters. The third kappa shape index (κ3) is 2.91. The van der Waals surface area contributed by atoms with Gasteiger partial charge in [-0.05, 0) is 65.0 Å². The lowest BCUT2D eigenvalue weighted by atomic mass is 9.75. The molecule has 0 heterocycles. The Morgan fingerprint density at radius 1 is 1.10 bits per heavy atom. The highest BCUT2D eigenvalue weighted by Gasteiger charge is 2.40. The van der Waals surface area contributed by atoms with E-state index in [1.165, 1.54) is 25.3 Å². The number of hydrogen-bond acceptors (Lipinski definition) is 4. The summed E-state index contributed by atoms with van der Waals surface area (Å²) < 4.78 is 0. The molecule has 0 aromatic heterocycles. The van der Waals surface area contributed by atoms with Crippen LogP contribution in [-0.2, 0) is 0 Å². The van der Waals surface area contributed by atoms with Crippen molar-refractivity contribution < 1.29 is 10.2 Å². The van der Waals surface area contributed by atoms with E-state index in [0.717, 1.165) is 12.1 Å². The van der Waals surface area contributed by atoms with Crippen LogP contribution in [0.2, 0.25) is 0 Å². The lowest BCUT2D eigenvalue weighted by Crippen LogP contribution is -2.56. The molecule has 1 saturated carbocycles. The van der Waals surface area contributed by atoms with Crippen molar-refractivity contribution in [1.29, 1.82) is 0 Å². The normalized spacial score (nSPS) is 19.1. The van der Waals surface area contributed by atoms with Crippen molar-refractivity contribution >= 4 is 0 Å². The van der Waals surface area contributed by atoms with E-state index in [4.69, 9.17) is 0 Å². The lowest BCUT2D eigenvalue weighted by molar-refractivity contribution is 0.0179. The Morgan fingerprint density at radius 2 is 1.65 bits per heavy atom. The molecule has 4 heteroatoms. The molecule has 0 spiro atoms. The number of rotatable bonds is 5. The summed E-state index contributed by atoms with van der Waals surface area (Å²) in [6.45, 7) is 3.10. The molecule has 1 fully saturated rings. The van der Waals surface area contributed by atoms with Crippen LogP contribution in [0.25, 0.3) is 0 Å². The van der Waals surface area contributed by atoms with E-state index in [1.54, 1.807) is 12.1 Å². The van der Waals surface area contributed by atoms with Crippen molar-refractivity contribution in [3.63, 3.8) is 0 Å². The summed E-state index contributed by atoms with van der Waals surface area (Å²) >= 11 is 0. The maximum absolute atomic E-state index is 9.62. The van der Waals surface area contributed by atoms with Crippen molar-refractivity contribution in [2.45, 2.75) is 37.8 Å². The molecule has 1 aliphatic rings. The molecule has 2 N–H and O–H groups in total. The molecule has 1 aromatic rings. The summed E-state index contributed by atoms with van der Waals surface area (Å²) in [6, 6.07) is 4.97. The van der Waals surface area contributed by atoms with Gasteiger partial charge in [-0.2, -0.15) is 0 Å². The van der Waals surface area contributed by atoms with E-state index in [1.807, 2.05) is 0 Å². The molecule has 0 saturated heterocycles. The number of benzene rings is 1. The first-order valence-electron chi connectivity index (χ1n) is 7.25. The molecule has 0 amide bonds. The van der Waals surface area contributed by atoms with E-state index < -0.39 is 0 Å². The average Bonchev–Trinajstić information content (AvgIpc) is 2.30. The van der Waals surface area contributed by atoms with Gasteiger partial charge in [0.2, 0.25) is 0 Å². The highest BCUT2D eigenvalue weighted by Crippen LogP contribution is 2.38. The van der Waals surface area contributed by atoms with E-state index in [-0.39, 0.29) is 23.1 Å². The zero-order valence-electron chi connectivity index (χ0n) is 12.9. The molecule has 4 nitrogen and oxygen atoms in total. The van der Waals surface area contributed by atoms with Gasteiger partial charge < -0.3 is 15.1 Å². The average molecular weight is 278 g/mol.